The van der Waals surface area contributed by atoms with Crippen LogP contribution in [0.25, 0.3) is 0 Å². The highest BCUT2D eigenvalue weighted by Gasteiger charge is 2.23. The van der Waals surface area contributed by atoms with Gasteiger partial charge >= 0.3 is 0 Å². The van der Waals surface area contributed by atoms with Crippen LogP contribution >= 0.6 is 0 Å². The first-order valence-corrected chi connectivity index (χ1v) is 6.54. The second kappa shape index (κ2) is 4.94. The van der Waals surface area contributed by atoms with Crippen LogP contribution in [0.4, 0.5) is 11.4 Å². The maximum absolute atomic E-state index is 5.88. The Morgan fingerprint density at radius 3 is 2.32 bits per heavy atom. The summed E-state index contributed by atoms with van der Waals surface area (Å²) < 4.78 is 5.32. The summed E-state index contributed by atoms with van der Waals surface area (Å²) in [6, 6.07) is 14.2. The summed E-state index contributed by atoms with van der Waals surface area (Å²) >= 11 is 0. The van der Waals surface area contributed by atoms with Crippen LogP contribution in [0.1, 0.15) is 16.7 Å². The van der Waals surface area contributed by atoms with Crippen LogP contribution in [0.2, 0.25) is 0 Å². The molecular formula is C16H18N2O. The van der Waals surface area contributed by atoms with Crippen LogP contribution in [-0.4, -0.2) is 12.7 Å². The summed E-state index contributed by atoms with van der Waals surface area (Å²) in [5.41, 5.74) is 17.1. The molecule has 1 unspecified atom stereocenters. The molecule has 1 heterocycles. The molecule has 3 rings (SSSR count). The summed E-state index contributed by atoms with van der Waals surface area (Å²) in [4.78, 5) is 0. The van der Waals surface area contributed by atoms with Crippen molar-refractivity contribution in [3.63, 3.8) is 0 Å². The van der Waals surface area contributed by atoms with E-state index in [1.807, 2.05) is 18.2 Å². The number of benzene rings is 2. The van der Waals surface area contributed by atoms with E-state index in [0.29, 0.717) is 6.10 Å². The fourth-order valence-corrected chi connectivity index (χ4v) is 2.29. The molecule has 2 aromatic rings. The smallest absolute Gasteiger partial charge is 0.0850 e. The van der Waals surface area contributed by atoms with Crippen LogP contribution < -0.4 is 11.5 Å². The molecule has 19 heavy (non-hydrogen) atoms. The number of nitrogen functional groups attached to an aromatic ring is 2. The molecular weight excluding hydrogens is 236 g/mol. The van der Waals surface area contributed by atoms with Gasteiger partial charge < -0.3 is 16.2 Å². The van der Waals surface area contributed by atoms with E-state index >= 15 is 0 Å². The fraction of sp³-hybridized carbons (Fsp3) is 0.250. The molecule has 1 atom stereocenters. The van der Waals surface area contributed by atoms with Crippen molar-refractivity contribution in [2.75, 3.05) is 18.1 Å². The number of epoxide rings is 1. The molecule has 0 aromatic heterocycles. The molecule has 0 bridgehead atoms. The lowest BCUT2D eigenvalue weighted by molar-refractivity contribution is 0.407. The van der Waals surface area contributed by atoms with E-state index < -0.39 is 0 Å². The predicted molar refractivity (Wildman–Crippen MR) is 78.0 cm³/mol. The van der Waals surface area contributed by atoms with Gasteiger partial charge in [0.25, 0.3) is 0 Å². The SMILES string of the molecule is Nc1ccc(Cc2ccc(N)cc2CC2CO2)cc1. The Morgan fingerprint density at radius 2 is 1.63 bits per heavy atom. The van der Waals surface area contributed by atoms with E-state index in [-0.39, 0.29) is 0 Å². The first kappa shape index (κ1) is 12.1. The van der Waals surface area contributed by atoms with Gasteiger partial charge in [-0.2, -0.15) is 0 Å². The van der Waals surface area contributed by atoms with Gasteiger partial charge in [-0.25, -0.2) is 0 Å². The maximum atomic E-state index is 5.88. The minimum atomic E-state index is 0.381. The minimum absolute atomic E-state index is 0.381. The number of nitrogens with two attached hydrogens (primary N) is 2. The monoisotopic (exact) mass is 254 g/mol. The van der Waals surface area contributed by atoms with Gasteiger partial charge in [-0.05, 0) is 47.4 Å². The quantitative estimate of drug-likeness (QED) is 0.650. The summed E-state index contributed by atoms with van der Waals surface area (Å²) in [7, 11) is 0. The molecule has 98 valence electrons. The average molecular weight is 254 g/mol. The van der Waals surface area contributed by atoms with Crippen LogP contribution in [0, 0.1) is 0 Å². The van der Waals surface area contributed by atoms with Gasteiger partial charge in [0.2, 0.25) is 0 Å². The highest BCUT2D eigenvalue weighted by Crippen LogP contribution is 2.23. The van der Waals surface area contributed by atoms with E-state index in [1.165, 1.54) is 16.7 Å². The van der Waals surface area contributed by atoms with Crippen LogP contribution in [0.3, 0.4) is 0 Å². The first-order chi connectivity index (χ1) is 9.20. The highest BCUT2D eigenvalue weighted by molar-refractivity contribution is 5.47. The molecule has 0 amide bonds. The van der Waals surface area contributed by atoms with Gasteiger partial charge in [0.15, 0.2) is 0 Å². The number of hydrogen-bond acceptors (Lipinski definition) is 3. The fourth-order valence-electron chi connectivity index (χ4n) is 2.29. The van der Waals surface area contributed by atoms with Crippen LogP contribution in [0.15, 0.2) is 42.5 Å². The Balaban J connectivity index is 1.84. The number of ether oxygens (including phenoxy) is 1. The van der Waals surface area contributed by atoms with E-state index in [4.69, 9.17) is 16.2 Å². The topological polar surface area (TPSA) is 64.6 Å². The molecule has 0 saturated carbocycles. The molecule has 0 radical (unpaired) electrons. The van der Waals surface area contributed by atoms with Crippen LogP contribution in [0.5, 0.6) is 0 Å². The predicted octanol–water partition coefficient (Wildman–Crippen LogP) is 2.38. The lowest BCUT2D eigenvalue weighted by atomic mass is 9.96. The Labute approximate surface area is 113 Å². The number of hydrogen-bond donors (Lipinski definition) is 2. The molecule has 0 spiro atoms. The summed E-state index contributed by atoms with van der Waals surface area (Å²) in [5, 5.41) is 0. The Morgan fingerprint density at radius 1 is 0.947 bits per heavy atom. The molecule has 1 aliphatic rings. The molecule has 1 aliphatic heterocycles. The van der Waals surface area contributed by atoms with Crippen molar-refractivity contribution >= 4 is 11.4 Å². The summed E-state index contributed by atoms with van der Waals surface area (Å²) in [5.74, 6) is 0. The van der Waals surface area contributed by atoms with E-state index in [0.717, 1.165) is 30.8 Å². The average Bonchev–Trinajstić information content (AvgIpc) is 3.19. The Bertz CT molecular complexity index is 574. The Hall–Kier alpha value is -2.00. The van der Waals surface area contributed by atoms with Crippen molar-refractivity contribution in [1.29, 1.82) is 0 Å². The summed E-state index contributed by atoms with van der Waals surface area (Å²) in [6.07, 6.45) is 2.24. The molecule has 2 aromatic carbocycles. The normalized spacial score (nSPS) is 17.4. The molecule has 3 heteroatoms. The third kappa shape index (κ3) is 3.06. The molecule has 1 fully saturated rings. The lowest BCUT2D eigenvalue weighted by Crippen LogP contribution is -2.01. The van der Waals surface area contributed by atoms with Gasteiger partial charge in [-0.1, -0.05) is 18.2 Å². The van der Waals surface area contributed by atoms with Crippen molar-refractivity contribution in [2.24, 2.45) is 0 Å². The van der Waals surface area contributed by atoms with Gasteiger partial charge in [0.1, 0.15) is 0 Å². The third-order valence-corrected chi connectivity index (χ3v) is 3.45. The van der Waals surface area contributed by atoms with Crippen molar-refractivity contribution in [3.05, 3.63) is 59.2 Å². The maximum Gasteiger partial charge on any atom is 0.0850 e. The standard InChI is InChI=1S/C16H18N2O/c17-14-4-1-11(2-5-14)7-12-3-6-15(18)8-13(12)9-16-10-19-16/h1-6,8,16H,7,9-10,17-18H2. The third-order valence-electron chi connectivity index (χ3n) is 3.45. The zero-order chi connectivity index (χ0) is 13.2. The largest absolute Gasteiger partial charge is 0.399 e. The van der Waals surface area contributed by atoms with Crippen molar-refractivity contribution < 1.29 is 4.74 Å². The van der Waals surface area contributed by atoms with E-state index in [1.54, 1.807) is 0 Å². The highest BCUT2D eigenvalue weighted by atomic mass is 16.6. The molecule has 1 saturated heterocycles. The van der Waals surface area contributed by atoms with Gasteiger partial charge in [-0.3, -0.25) is 0 Å². The van der Waals surface area contributed by atoms with Gasteiger partial charge in [-0.15, -0.1) is 0 Å². The zero-order valence-electron chi connectivity index (χ0n) is 10.8. The van der Waals surface area contributed by atoms with Crippen molar-refractivity contribution in [2.45, 2.75) is 18.9 Å². The second-order valence-electron chi connectivity index (χ2n) is 5.11. The van der Waals surface area contributed by atoms with E-state index in [9.17, 15) is 0 Å². The van der Waals surface area contributed by atoms with Gasteiger partial charge in [0.05, 0.1) is 12.7 Å². The second-order valence-corrected chi connectivity index (χ2v) is 5.11. The molecule has 4 N–H and O–H groups in total. The molecule has 0 aliphatic carbocycles. The van der Waals surface area contributed by atoms with Crippen LogP contribution in [-0.2, 0) is 17.6 Å². The number of rotatable bonds is 4. The van der Waals surface area contributed by atoms with Crippen molar-refractivity contribution in [1.82, 2.24) is 0 Å². The van der Waals surface area contributed by atoms with E-state index in [2.05, 4.69) is 24.3 Å². The van der Waals surface area contributed by atoms with Crippen molar-refractivity contribution in [3.8, 4) is 0 Å². The lowest BCUT2D eigenvalue weighted by Gasteiger charge is -2.10. The molecule has 3 nitrogen and oxygen atoms in total. The minimum Gasteiger partial charge on any atom is -0.399 e. The Kier molecular flexibility index (Phi) is 3.13. The zero-order valence-corrected chi connectivity index (χ0v) is 10.8. The van der Waals surface area contributed by atoms with Gasteiger partial charge in [0, 0.05) is 17.8 Å². The first-order valence-electron chi connectivity index (χ1n) is 6.54. The number of anilines is 2. The summed E-state index contributed by atoms with van der Waals surface area (Å²) in [6.45, 7) is 0.871.